The fourth-order valence-corrected chi connectivity index (χ4v) is 9.74. The molecule has 0 aromatic carbocycles. The Morgan fingerprint density at radius 3 is 2.46 bits per heavy atom. The number of hydrogen-bond donors (Lipinski definition) is 3. The minimum Gasteiger partial charge on any atom is -0.394 e. The van der Waals surface area contributed by atoms with Crippen LogP contribution >= 0.6 is 0 Å². The van der Waals surface area contributed by atoms with Gasteiger partial charge in [0.2, 0.25) is 0 Å². The second-order valence-electron chi connectivity index (χ2n) is 14.4. The predicted molar refractivity (Wildman–Crippen MR) is 146 cm³/mol. The van der Waals surface area contributed by atoms with E-state index in [-0.39, 0.29) is 12.7 Å². The molecule has 0 aromatic heterocycles. The van der Waals surface area contributed by atoms with Crippen LogP contribution in [-0.2, 0) is 9.47 Å². The molecule has 1 aliphatic heterocycles. The summed E-state index contributed by atoms with van der Waals surface area (Å²) in [7, 11) is 0. The summed E-state index contributed by atoms with van der Waals surface area (Å²) in [4.78, 5) is 0. The maximum atomic E-state index is 10.4. The second-order valence-corrected chi connectivity index (χ2v) is 14.4. The Morgan fingerprint density at radius 2 is 1.76 bits per heavy atom. The average molecular weight is 519 g/mol. The van der Waals surface area contributed by atoms with Crippen LogP contribution in [0.4, 0.5) is 0 Å². The fourth-order valence-electron chi connectivity index (χ4n) is 9.74. The monoisotopic (exact) mass is 518 g/mol. The highest BCUT2D eigenvalue weighted by Crippen LogP contribution is 2.66. The topological polar surface area (TPSA) is 79.2 Å². The van der Waals surface area contributed by atoms with Gasteiger partial charge in [-0.15, -0.1) is 0 Å². The van der Waals surface area contributed by atoms with E-state index in [2.05, 4.69) is 34.6 Å². The summed E-state index contributed by atoms with van der Waals surface area (Å²) in [6.45, 7) is 12.1. The molecule has 212 valence electrons. The molecule has 3 saturated carbocycles. The lowest BCUT2D eigenvalue weighted by atomic mass is 9.49. The number of aliphatic hydroxyl groups is 3. The predicted octanol–water partition coefficient (Wildman–Crippen LogP) is 6.00. The van der Waals surface area contributed by atoms with Crippen LogP contribution in [0.3, 0.4) is 0 Å². The van der Waals surface area contributed by atoms with Crippen molar-refractivity contribution in [3.05, 3.63) is 11.1 Å². The molecule has 0 spiro atoms. The summed E-state index contributed by atoms with van der Waals surface area (Å²) in [5, 5.41) is 29.9. The molecule has 4 fully saturated rings. The highest BCUT2D eigenvalue weighted by atomic mass is 16.7. The van der Waals surface area contributed by atoms with Gasteiger partial charge in [0.15, 0.2) is 6.29 Å². The first-order valence-electron chi connectivity index (χ1n) is 15.6. The van der Waals surface area contributed by atoms with Gasteiger partial charge >= 0.3 is 0 Å². The molecule has 37 heavy (non-hydrogen) atoms. The molecule has 4 aliphatic carbocycles. The molecule has 0 amide bonds. The molecule has 5 nitrogen and oxygen atoms in total. The maximum Gasteiger partial charge on any atom is 0.186 e. The van der Waals surface area contributed by atoms with E-state index < -0.39 is 24.6 Å². The zero-order chi connectivity index (χ0) is 26.5. The van der Waals surface area contributed by atoms with Crippen LogP contribution in [0, 0.1) is 40.4 Å². The summed E-state index contributed by atoms with van der Waals surface area (Å²) in [6, 6.07) is 0. The minimum absolute atomic E-state index is 0.0491. The smallest absolute Gasteiger partial charge is 0.186 e. The van der Waals surface area contributed by atoms with Crippen molar-refractivity contribution in [2.45, 2.75) is 142 Å². The SMILES string of the molecule is CC(C)CCC[C@@H](C)[C@H]1CCC2=C3CC[C@H]4C[C@@H](OC5O[C@H](CO)[C@@H](O)[C@H]5O)CC[C@]4(C)[C@H]3CC[C@@]21C. The van der Waals surface area contributed by atoms with E-state index in [0.29, 0.717) is 16.7 Å². The second kappa shape index (κ2) is 10.8. The molecule has 0 radical (unpaired) electrons. The molecular formula is C32H54O5. The molecule has 3 N–H and O–H groups in total. The lowest BCUT2D eigenvalue weighted by Crippen LogP contribution is -2.49. The number of ether oxygens (including phenoxy) is 2. The van der Waals surface area contributed by atoms with Gasteiger partial charge in [0.1, 0.15) is 18.3 Å². The molecule has 1 heterocycles. The van der Waals surface area contributed by atoms with Crippen molar-refractivity contribution in [2.24, 2.45) is 40.4 Å². The summed E-state index contributed by atoms with van der Waals surface area (Å²) < 4.78 is 11.8. The van der Waals surface area contributed by atoms with E-state index in [4.69, 9.17) is 9.47 Å². The quantitative estimate of drug-likeness (QED) is 0.344. The largest absolute Gasteiger partial charge is 0.394 e. The van der Waals surface area contributed by atoms with E-state index in [1.165, 1.54) is 57.8 Å². The van der Waals surface area contributed by atoms with Crippen molar-refractivity contribution in [3.8, 4) is 0 Å². The molecule has 1 saturated heterocycles. The van der Waals surface area contributed by atoms with Crippen LogP contribution in [-0.4, -0.2) is 52.6 Å². The third kappa shape index (κ3) is 4.99. The van der Waals surface area contributed by atoms with Gasteiger partial charge in [-0.25, -0.2) is 0 Å². The molecular weight excluding hydrogens is 464 g/mol. The molecule has 5 rings (SSSR count). The zero-order valence-corrected chi connectivity index (χ0v) is 24.1. The highest BCUT2D eigenvalue weighted by molar-refractivity contribution is 5.34. The van der Waals surface area contributed by atoms with Gasteiger partial charge in [0.25, 0.3) is 0 Å². The molecule has 5 heteroatoms. The van der Waals surface area contributed by atoms with Crippen LogP contribution in [0.1, 0.15) is 112 Å². The Kier molecular flexibility index (Phi) is 8.23. The van der Waals surface area contributed by atoms with Crippen LogP contribution in [0.5, 0.6) is 0 Å². The van der Waals surface area contributed by atoms with Gasteiger partial charge in [-0.3, -0.25) is 0 Å². The fraction of sp³-hybridized carbons (Fsp3) is 0.938. The van der Waals surface area contributed by atoms with E-state index >= 15 is 0 Å². The van der Waals surface area contributed by atoms with Crippen molar-refractivity contribution in [2.75, 3.05) is 6.61 Å². The third-order valence-corrected chi connectivity index (χ3v) is 12.0. The van der Waals surface area contributed by atoms with Crippen molar-refractivity contribution in [1.29, 1.82) is 0 Å². The van der Waals surface area contributed by atoms with E-state index in [1.54, 1.807) is 0 Å². The Morgan fingerprint density at radius 1 is 0.973 bits per heavy atom. The summed E-state index contributed by atoms with van der Waals surface area (Å²) in [5.41, 5.74) is 4.48. The van der Waals surface area contributed by atoms with E-state index in [1.807, 2.05) is 11.1 Å². The Labute approximate surface area is 225 Å². The van der Waals surface area contributed by atoms with Crippen LogP contribution in [0.2, 0.25) is 0 Å². The van der Waals surface area contributed by atoms with Crippen molar-refractivity contribution >= 4 is 0 Å². The van der Waals surface area contributed by atoms with Crippen LogP contribution < -0.4 is 0 Å². The van der Waals surface area contributed by atoms with Crippen molar-refractivity contribution in [3.63, 3.8) is 0 Å². The molecule has 0 aromatic rings. The number of allylic oxidation sites excluding steroid dienone is 2. The normalized spacial score (nSPS) is 46.6. The number of rotatable bonds is 8. The van der Waals surface area contributed by atoms with Gasteiger partial charge in [-0.05, 0) is 98.2 Å². The van der Waals surface area contributed by atoms with Gasteiger partial charge in [0.05, 0.1) is 12.7 Å². The van der Waals surface area contributed by atoms with Crippen molar-refractivity contribution < 1.29 is 24.8 Å². The Balaban J connectivity index is 1.25. The number of hydrogen-bond acceptors (Lipinski definition) is 5. The first-order valence-corrected chi connectivity index (χ1v) is 15.6. The molecule has 11 atom stereocenters. The number of fused-ring (bicyclic) bond motifs is 4. The Hall–Kier alpha value is -0.460. The highest BCUT2D eigenvalue weighted by Gasteiger charge is 2.56. The van der Waals surface area contributed by atoms with Crippen LogP contribution in [0.15, 0.2) is 11.1 Å². The maximum absolute atomic E-state index is 10.4. The lowest BCUT2D eigenvalue weighted by molar-refractivity contribution is -0.209. The van der Waals surface area contributed by atoms with Crippen LogP contribution in [0.25, 0.3) is 0 Å². The van der Waals surface area contributed by atoms with Gasteiger partial charge in [0, 0.05) is 0 Å². The lowest BCUT2D eigenvalue weighted by Gasteiger charge is -2.57. The number of aliphatic hydroxyl groups excluding tert-OH is 3. The Bertz CT molecular complexity index is 839. The molecule has 0 bridgehead atoms. The average Bonchev–Trinajstić information content (AvgIpc) is 3.35. The third-order valence-electron chi connectivity index (χ3n) is 12.0. The van der Waals surface area contributed by atoms with Gasteiger partial charge < -0.3 is 24.8 Å². The first-order chi connectivity index (χ1) is 17.6. The van der Waals surface area contributed by atoms with Crippen molar-refractivity contribution in [1.82, 2.24) is 0 Å². The zero-order valence-electron chi connectivity index (χ0n) is 24.1. The van der Waals surface area contributed by atoms with Gasteiger partial charge in [-0.2, -0.15) is 0 Å². The minimum atomic E-state index is -1.09. The molecule has 5 aliphatic rings. The van der Waals surface area contributed by atoms with E-state index in [0.717, 1.165) is 42.9 Å². The summed E-state index contributed by atoms with van der Waals surface area (Å²) in [5.74, 6) is 3.85. The van der Waals surface area contributed by atoms with E-state index in [9.17, 15) is 15.3 Å². The summed E-state index contributed by atoms with van der Waals surface area (Å²) >= 11 is 0. The first kappa shape index (κ1) is 28.1. The van der Waals surface area contributed by atoms with Gasteiger partial charge in [-0.1, -0.05) is 65.0 Å². The standard InChI is InChI=1S/C32H54O5/c1-19(2)7-6-8-20(3)24-11-12-25-23-10-9-21-17-22(36-30-29(35)28(34)27(18-33)37-30)13-15-31(21,4)26(23)14-16-32(24,25)5/h19-22,24,26-30,33-35H,6-18H2,1-5H3/t20-,21+,22+,24-,26+,27-,28-,29-,30?,31+,32-/m1/s1. The molecule has 1 unspecified atom stereocenters. The summed E-state index contributed by atoms with van der Waals surface area (Å²) in [6.07, 6.45) is 11.5.